The van der Waals surface area contributed by atoms with Gasteiger partial charge in [-0.05, 0) is 57.0 Å². The number of halogens is 1. The standard InChI is InChI=1S/C20H25ClNO5P/c1-20(2,3)26-16-12-10-15(11-13-16)14-18(19(23)25-4)22-28(21,24)27-17-8-6-5-7-9-17/h5-13,18H,14H2,1-4H3,(H,22,24)/t18-,28?/m0/s1. The fourth-order valence-corrected chi connectivity index (χ4v) is 4.04. The third kappa shape index (κ3) is 7.55. The molecule has 0 spiro atoms. The maximum atomic E-state index is 12.6. The molecule has 0 amide bonds. The first-order chi connectivity index (χ1) is 13.1. The van der Waals surface area contributed by atoms with Crippen LogP contribution in [-0.2, 0) is 20.5 Å². The molecule has 2 aromatic rings. The summed E-state index contributed by atoms with van der Waals surface area (Å²) in [5.41, 5.74) is 0.512. The van der Waals surface area contributed by atoms with Gasteiger partial charge in [-0.3, -0.25) is 4.79 Å². The third-order valence-electron chi connectivity index (χ3n) is 3.55. The van der Waals surface area contributed by atoms with Gasteiger partial charge in [0, 0.05) is 11.2 Å². The Hall–Kier alpha value is -2.01. The van der Waals surface area contributed by atoms with Crippen molar-refractivity contribution < 1.29 is 23.4 Å². The van der Waals surface area contributed by atoms with Gasteiger partial charge in [0.1, 0.15) is 23.1 Å². The van der Waals surface area contributed by atoms with E-state index in [0.29, 0.717) is 11.5 Å². The molecular formula is C20H25ClNO5P. The highest BCUT2D eigenvalue weighted by molar-refractivity contribution is 7.84. The molecule has 0 heterocycles. The Kier molecular flexibility index (Phi) is 7.53. The van der Waals surface area contributed by atoms with Crippen LogP contribution in [0.3, 0.4) is 0 Å². The second-order valence-corrected chi connectivity index (χ2v) is 9.89. The Morgan fingerprint density at radius 1 is 1.07 bits per heavy atom. The molecule has 1 N–H and O–H groups in total. The molecule has 0 aromatic heterocycles. The fraction of sp³-hybridized carbons (Fsp3) is 0.350. The fourth-order valence-electron chi connectivity index (χ4n) is 2.44. The van der Waals surface area contributed by atoms with Gasteiger partial charge in [-0.15, -0.1) is 0 Å². The Bertz CT molecular complexity index is 821. The molecule has 152 valence electrons. The van der Waals surface area contributed by atoms with E-state index in [0.717, 1.165) is 5.56 Å². The van der Waals surface area contributed by atoms with Crippen LogP contribution in [0.25, 0.3) is 0 Å². The van der Waals surface area contributed by atoms with E-state index in [4.69, 9.17) is 25.2 Å². The first-order valence-corrected chi connectivity index (χ1v) is 11.3. The minimum Gasteiger partial charge on any atom is -0.488 e. The lowest BCUT2D eigenvalue weighted by molar-refractivity contribution is -0.142. The summed E-state index contributed by atoms with van der Waals surface area (Å²) in [5, 5.41) is 2.59. The summed E-state index contributed by atoms with van der Waals surface area (Å²) in [6.07, 6.45) is 0.220. The molecule has 2 rings (SSSR count). The number of rotatable bonds is 8. The number of methoxy groups -OCH3 is 1. The van der Waals surface area contributed by atoms with Gasteiger partial charge in [0.2, 0.25) is 0 Å². The summed E-state index contributed by atoms with van der Waals surface area (Å²) in [6, 6.07) is 14.8. The van der Waals surface area contributed by atoms with E-state index in [1.165, 1.54) is 7.11 Å². The number of esters is 1. The minimum absolute atomic E-state index is 0.220. The van der Waals surface area contributed by atoms with Gasteiger partial charge in [-0.25, -0.2) is 9.65 Å². The number of hydrogen-bond donors (Lipinski definition) is 1. The van der Waals surface area contributed by atoms with Crippen molar-refractivity contribution in [3.63, 3.8) is 0 Å². The van der Waals surface area contributed by atoms with Crippen LogP contribution >= 0.6 is 18.1 Å². The van der Waals surface area contributed by atoms with E-state index in [-0.39, 0.29) is 12.0 Å². The molecule has 0 aliphatic heterocycles. The molecule has 0 aliphatic carbocycles. The molecular weight excluding hydrogens is 401 g/mol. The number of benzene rings is 2. The largest absolute Gasteiger partial charge is 0.488 e. The van der Waals surface area contributed by atoms with E-state index in [1.54, 1.807) is 30.3 Å². The van der Waals surface area contributed by atoms with Gasteiger partial charge >= 0.3 is 12.8 Å². The zero-order valence-corrected chi connectivity index (χ0v) is 18.0. The van der Waals surface area contributed by atoms with Crippen LogP contribution in [0.1, 0.15) is 26.3 Å². The predicted octanol–water partition coefficient (Wildman–Crippen LogP) is 4.96. The Balaban J connectivity index is 2.09. The van der Waals surface area contributed by atoms with Gasteiger partial charge < -0.3 is 14.0 Å². The van der Waals surface area contributed by atoms with E-state index in [9.17, 15) is 9.36 Å². The van der Waals surface area contributed by atoms with Crippen LogP contribution < -0.4 is 14.3 Å². The number of carbonyl (C=O) groups excluding carboxylic acids is 1. The summed E-state index contributed by atoms with van der Waals surface area (Å²) in [7, 11) is 1.26. The quantitative estimate of drug-likeness (QED) is 0.475. The molecule has 0 saturated carbocycles. The molecule has 0 radical (unpaired) electrons. The first-order valence-electron chi connectivity index (χ1n) is 8.76. The van der Waals surface area contributed by atoms with Crippen LogP contribution in [0, 0.1) is 0 Å². The van der Waals surface area contributed by atoms with Crippen molar-refractivity contribution >= 4 is 24.1 Å². The van der Waals surface area contributed by atoms with Crippen molar-refractivity contribution in [1.82, 2.24) is 5.09 Å². The van der Waals surface area contributed by atoms with Gasteiger partial charge in [0.25, 0.3) is 0 Å². The summed E-state index contributed by atoms with van der Waals surface area (Å²) in [4.78, 5) is 12.2. The number of para-hydroxylation sites is 1. The molecule has 0 fully saturated rings. The highest BCUT2D eigenvalue weighted by atomic mass is 35.7. The Labute approximate surface area is 170 Å². The van der Waals surface area contributed by atoms with E-state index in [2.05, 4.69) is 5.09 Å². The summed E-state index contributed by atoms with van der Waals surface area (Å²) in [6.45, 7) is 2.07. The Morgan fingerprint density at radius 3 is 2.21 bits per heavy atom. The molecule has 1 unspecified atom stereocenters. The van der Waals surface area contributed by atoms with Crippen LogP contribution in [0.5, 0.6) is 11.5 Å². The molecule has 0 bridgehead atoms. The summed E-state index contributed by atoms with van der Waals surface area (Å²) < 4.78 is 28.5. The van der Waals surface area contributed by atoms with Gasteiger partial charge in [0.05, 0.1) is 7.11 Å². The number of ether oxygens (including phenoxy) is 2. The zero-order chi connectivity index (χ0) is 20.8. The van der Waals surface area contributed by atoms with E-state index in [1.807, 2.05) is 45.0 Å². The van der Waals surface area contributed by atoms with E-state index >= 15 is 0 Å². The second-order valence-electron chi connectivity index (χ2n) is 7.15. The average Bonchev–Trinajstić information content (AvgIpc) is 2.61. The van der Waals surface area contributed by atoms with Crippen molar-refractivity contribution in [2.45, 2.75) is 38.8 Å². The van der Waals surface area contributed by atoms with Crippen LogP contribution in [0.15, 0.2) is 54.6 Å². The lowest BCUT2D eigenvalue weighted by Crippen LogP contribution is -2.37. The predicted molar refractivity (Wildman–Crippen MR) is 110 cm³/mol. The van der Waals surface area contributed by atoms with Crippen molar-refractivity contribution in [3.05, 3.63) is 60.2 Å². The number of hydrogen-bond acceptors (Lipinski definition) is 5. The third-order valence-corrected chi connectivity index (χ3v) is 5.11. The van der Waals surface area contributed by atoms with Crippen molar-refractivity contribution in [1.29, 1.82) is 0 Å². The van der Waals surface area contributed by atoms with Crippen LogP contribution in [-0.4, -0.2) is 24.7 Å². The van der Waals surface area contributed by atoms with Gasteiger partial charge in [-0.2, -0.15) is 0 Å². The van der Waals surface area contributed by atoms with Crippen LogP contribution in [0.2, 0.25) is 0 Å². The molecule has 2 atom stereocenters. The van der Waals surface area contributed by atoms with Gasteiger partial charge in [-0.1, -0.05) is 30.3 Å². The van der Waals surface area contributed by atoms with Crippen molar-refractivity contribution in [3.8, 4) is 11.5 Å². The second kappa shape index (κ2) is 9.46. The average molecular weight is 426 g/mol. The highest BCUT2D eigenvalue weighted by Crippen LogP contribution is 2.48. The minimum atomic E-state index is -3.82. The molecule has 2 aromatic carbocycles. The van der Waals surface area contributed by atoms with Crippen molar-refractivity contribution in [2.24, 2.45) is 0 Å². The molecule has 0 saturated heterocycles. The molecule has 0 aliphatic rings. The monoisotopic (exact) mass is 425 g/mol. The molecule has 8 heteroatoms. The maximum Gasteiger partial charge on any atom is 0.409 e. The summed E-state index contributed by atoms with van der Waals surface area (Å²) >= 11 is 6.03. The van der Waals surface area contributed by atoms with E-state index < -0.39 is 18.9 Å². The van der Waals surface area contributed by atoms with Crippen molar-refractivity contribution in [2.75, 3.05) is 7.11 Å². The lowest BCUT2D eigenvalue weighted by atomic mass is 10.1. The SMILES string of the molecule is COC(=O)[C@H](Cc1ccc(OC(C)(C)C)cc1)NP(=O)(Cl)Oc1ccccc1. The smallest absolute Gasteiger partial charge is 0.409 e. The topological polar surface area (TPSA) is 73.9 Å². The number of carbonyl (C=O) groups is 1. The highest BCUT2D eigenvalue weighted by Gasteiger charge is 2.31. The molecule has 6 nitrogen and oxygen atoms in total. The molecule has 28 heavy (non-hydrogen) atoms. The van der Waals surface area contributed by atoms with Gasteiger partial charge in [0.15, 0.2) is 0 Å². The Morgan fingerprint density at radius 2 is 1.68 bits per heavy atom. The lowest BCUT2D eigenvalue weighted by Gasteiger charge is -2.22. The maximum absolute atomic E-state index is 12.6. The van der Waals surface area contributed by atoms with Crippen LogP contribution in [0.4, 0.5) is 0 Å². The summed E-state index contributed by atoms with van der Waals surface area (Å²) in [5.74, 6) is 0.461. The number of nitrogens with one attached hydrogen (secondary N) is 1. The first kappa shape index (κ1) is 22.3. The normalized spacial score (nSPS) is 14.6. The zero-order valence-electron chi connectivity index (χ0n) is 16.3.